The summed E-state index contributed by atoms with van der Waals surface area (Å²) in [4.78, 5) is 5.41. The van der Waals surface area contributed by atoms with Gasteiger partial charge in [-0.1, -0.05) is 6.07 Å². The van der Waals surface area contributed by atoms with Gasteiger partial charge in [-0.25, -0.2) is 4.98 Å². The fraction of sp³-hybridized carbons (Fsp3) is 0.167. The maximum Gasteiger partial charge on any atom is 0.0992 e. The monoisotopic (exact) mass is 229 g/mol. The lowest BCUT2D eigenvalue weighted by Gasteiger charge is -2.05. The average Bonchev–Trinajstić information content (AvgIpc) is 2.72. The highest BCUT2D eigenvalue weighted by Crippen LogP contribution is 2.15. The maximum atomic E-state index is 8.77. The van der Waals surface area contributed by atoms with E-state index in [9.17, 15) is 0 Å². The summed E-state index contributed by atoms with van der Waals surface area (Å²) < 4.78 is 0. The number of nitrogens with zero attached hydrogens (tertiary/aromatic N) is 2. The second kappa shape index (κ2) is 4.77. The fourth-order valence-electron chi connectivity index (χ4n) is 1.38. The minimum atomic E-state index is 0.672. The van der Waals surface area contributed by atoms with Crippen LogP contribution in [0.4, 0.5) is 5.69 Å². The number of rotatable bonds is 3. The molecule has 0 atom stereocenters. The molecule has 0 aliphatic carbocycles. The van der Waals surface area contributed by atoms with Gasteiger partial charge in [0.1, 0.15) is 0 Å². The molecule has 0 radical (unpaired) electrons. The van der Waals surface area contributed by atoms with Crippen molar-refractivity contribution in [2.45, 2.75) is 13.5 Å². The molecule has 0 saturated carbocycles. The molecule has 0 aliphatic heterocycles. The van der Waals surface area contributed by atoms with Crippen LogP contribution in [0.15, 0.2) is 29.8 Å². The van der Waals surface area contributed by atoms with Crippen molar-refractivity contribution < 1.29 is 0 Å². The number of thiazole rings is 1. The van der Waals surface area contributed by atoms with Gasteiger partial charge in [-0.3, -0.25) is 0 Å². The molecule has 2 aromatic rings. The SMILES string of the molecule is Cc1ncsc1CNc1cccc(C#N)c1. The van der Waals surface area contributed by atoms with E-state index in [0.29, 0.717) is 5.56 Å². The maximum absolute atomic E-state index is 8.77. The standard InChI is InChI=1S/C12H11N3S/c1-9-12(16-8-15-9)7-14-11-4-2-3-10(5-11)6-13/h2-5,8,14H,7H2,1H3. The smallest absolute Gasteiger partial charge is 0.0992 e. The molecule has 16 heavy (non-hydrogen) atoms. The summed E-state index contributed by atoms with van der Waals surface area (Å²) in [6.07, 6.45) is 0. The molecule has 0 saturated heterocycles. The molecule has 1 heterocycles. The van der Waals surface area contributed by atoms with Gasteiger partial charge in [0, 0.05) is 10.6 Å². The van der Waals surface area contributed by atoms with Gasteiger partial charge in [0.05, 0.1) is 29.4 Å². The minimum absolute atomic E-state index is 0.672. The molecule has 0 fully saturated rings. The summed E-state index contributed by atoms with van der Waals surface area (Å²) in [6, 6.07) is 9.59. The minimum Gasteiger partial charge on any atom is -0.380 e. The Labute approximate surface area is 98.4 Å². The Morgan fingerprint density at radius 3 is 3.06 bits per heavy atom. The Hall–Kier alpha value is -1.86. The van der Waals surface area contributed by atoms with Crippen LogP contribution in [0, 0.1) is 18.3 Å². The third kappa shape index (κ3) is 2.38. The Morgan fingerprint density at radius 2 is 2.38 bits per heavy atom. The molecule has 0 unspecified atom stereocenters. The lowest BCUT2D eigenvalue weighted by atomic mass is 10.2. The van der Waals surface area contributed by atoms with Crippen molar-refractivity contribution in [2.75, 3.05) is 5.32 Å². The normalized spacial score (nSPS) is 9.75. The van der Waals surface area contributed by atoms with Gasteiger partial charge < -0.3 is 5.32 Å². The average molecular weight is 229 g/mol. The number of aryl methyl sites for hydroxylation is 1. The Balaban J connectivity index is 2.05. The molecule has 4 heteroatoms. The van der Waals surface area contributed by atoms with Crippen molar-refractivity contribution in [1.29, 1.82) is 5.26 Å². The van der Waals surface area contributed by atoms with Crippen molar-refractivity contribution in [2.24, 2.45) is 0 Å². The van der Waals surface area contributed by atoms with Crippen LogP contribution >= 0.6 is 11.3 Å². The number of nitriles is 1. The van der Waals surface area contributed by atoms with Crippen LogP contribution in [0.2, 0.25) is 0 Å². The number of nitrogens with one attached hydrogen (secondary N) is 1. The van der Waals surface area contributed by atoms with Gasteiger partial charge in [0.25, 0.3) is 0 Å². The van der Waals surface area contributed by atoms with Crippen molar-refractivity contribution in [3.05, 3.63) is 45.9 Å². The lowest BCUT2D eigenvalue weighted by Crippen LogP contribution is -1.99. The van der Waals surface area contributed by atoms with Gasteiger partial charge in [0.2, 0.25) is 0 Å². The molecule has 1 aromatic carbocycles. The summed E-state index contributed by atoms with van der Waals surface area (Å²) in [5, 5.41) is 12.1. The van der Waals surface area contributed by atoms with E-state index in [1.807, 2.05) is 30.6 Å². The molecule has 0 bridgehead atoms. The van der Waals surface area contributed by atoms with E-state index in [2.05, 4.69) is 16.4 Å². The topological polar surface area (TPSA) is 48.7 Å². The predicted molar refractivity (Wildman–Crippen MR) is 65.3 cm³/mol. The molecular weight excluding hydrogens is 218 g/mol. The first-order valence-corrected chi connectivity index (χ1v) is 5.80. The van der Waals surface area contributed by atoms with Crippen molar-refractivity contribution >= 4 is 17.0 Å². The summed E-state index contributed by atoms with van der Waals surface area (Å²) >= 11 is 1.64. The van der Waals surface area contributed by atoms with E-state index >= 15 is 0 Å². The van der Waals surface area contributed by atoms with E-state index in [1.54, 1.807) is 17.4 Å². The lowest BCUT2D eigenvalue weighted by molar-refractivity contribution is 1.12. The Morgan fingerprint density at radius 1 is 1.50 bits per heavy atom. The zero-order chi connectivity index (χ0) is 11.4. The van der Waals surface area contributed by atoms with E-state index < -0.39 is 0 Å². The third-order valence-corrected chi connectivity index (χ3v) is 3.22. The number of aromatic nitrogens is 1. The molecule has 1 aromatic heterocycles. The second-order valence-electron chi connectivity index (χ2n) is 3.41. The van der Waals surface area contributed by atoms with Crippen LogP contribution in [0.3, 0.4) is 0 Å². The van der Waals surface area contributed by atoms with Crippen molar-refractivity contribution in [3.63, 3.8) is 0 Å². The van der Waals surface area contributed by atoms with Gasteiger partial charge in [-0.15, -0.1) is 11.3 Å². The Kier molecular flexibility index (Phi) is 3.18. The van der Waals surface area contributed by atoms with Crippen molar-refractivity contribution in [3.8, 4) is 6.07 Å². The van der Waals surface area contributed by atoms with Crippen LogP contribution in [0.5, 0.6) is 0 Å². The highest BCUT2D eigenvalue weighted by Gasteiger charge is 2.01. The molecule has 2 rings (SSSR count). The molecular formula is C12H11N3S. The molecule has 1 N–H and O–H groups in total. The first-order valence-electron chi connectivity index (χ1n) is 4.92. The fourth-order valence-corrected chi connectivity index (χ4v) is 2.09. The molecule has 3 nitrogen and oxygen atoms in total. The molecule has 0 aliphatic rings. The van der Waals surface area contributed by atoms with Gasteiger partial charge in [0.15, 0.2) is 0 Å². The van der Waals surface area contributed by atoms with Gasteiger partial charge in [-0.05, 0) is 25.1 Å². The number of hydrogen-bond donors (Lipinski definition) is 1. The molecule has 0 spiro atoms. The molecule has 0 amide bonds. The van der Waals surface area contributed by atoms with Gasteiger partial charge >= 0.3 is 0 Å². The summed E-state index contributed by atoms with van der Waals surface area (Å²) in [5.74, 6) is 0. The van der Waals surface area contributed by atoms with E-state index in [-0.39, 0.29) is 0 Å². The number of hydrogen-bond acceptors (Lipinski definition) is 4. The molecule has 80 valence electrons. The Bertz CT molecular complexity index is 525. The van der Waals surface area contributed by atoms with Crippen LogP contribution in [-0.2, 0) is 6.54 Å². The van der Waals surface area contributed by atoms with Crippen LogP contribution in [-0.4, -0.2) is 4.98 Å². The first-order chi connectivity index (χ1) is 7.79. The van der Waals surface area contributed by atoms with E-state index in [1.165, 1.54) is 4.88 Å². The van der Waals surface area contributed by atoms with Crippen molar-refractivity contribution in [1.82, 2.24) is 4.98 Å². The number of anilines is 1. The largest absolute Gasteiger partial charge is 0.380 e. The highest BCUT2D eigenvalue weighted by molar-refractivity contribution is 7.09. The van der Waals surface area contributed by atoms with E-state index in [0.717, 1.165) is 17.9 Å². The third-order valence-electron chi connectivity index (χ3n) is 2.29. The van der Waals surface area contributed by atoms with Gasteiger partial charge in [-0.2, -0.15) is 5.26 Å². The van der Waals surface area contributed by atoms with E-state index in [4.69, 9.17) is 5.26 Å². The summed E-state index contributed by atoms with van der Waals surface area (Å²) in [6.45, 7) is 2.75. The zero-order valence-electron chi connectivity index (χ0n) is 8.90. The van der Waals surface area contributed by atoms with Crippen LogP contribution in [0.1, 0.15) is 16.1 Å². The highest BCUT2D eigenvalue weighted by atomic mass is 32.1. The first kappa shape index (κ1) is 10.7. The summed E-state index contributed by atoms with van der Waals surface area (Å²) in [7, 11) is 0. The number of benzene rings is 1. The quantitative estimate of drug-likeness (QED) is 0.880. The van der Waals surface area contributed by atoms with Crippen LogP contribution in [0.25, 0.3) is 0 Å². The van der Waals surface area contributed by atoms with Crippen LogP contribution < -0.4 is 5.32 Å². The summed E-state index contributed by atoms with van der Waals surface area (Å²) in [5.41, 5.74) is 4.55. The second-order valence-corrected chi connectivity index (χ2v) is 4.35. The predicted octanol–water partition coefficient (Wildman–Crippen LogP) is 2.94. The zero-order valence-corrected chi connectivity index (χ0v) is 9.71.